The summed E-state index contributed by atoms with van der Waals surface area (Å²) in [6.07, 6.45) is 10.5. The van der Waals surface area contributed by atoms with Gasteiger partial charge in [-0.1, -0.05) is 44.6 Å². The fourth-order valence-electron chi connectivity index (χ4n) is 4.95. The molecule has 2 N–H and O–H groups in total. The highest BCUT2D eigenvalue weighted by atomic mass is 16.6. The number of aliphatic hydroxyl groups is 2. The molecule has 1 saturated carbocycles. The molecule has 32 heavy (non-hydrogen) atoms. The number of aliphatic hydroxyl groups excluding tert-OH is 2. The van der Waals surface area contributed by atoms with Gasteiger partial charge in [-0.3, -0.25) is 0 Å². The van der Waals surface area contributed by atoms with E-state index in [2.05, 4.69) is 45.9 Å². The van der Waals surface area contributed by atoms with Crippen LogP contribution < -0.4 is 0 Å². The van der Waals surface area contributed by atoms with Crippen LogP contribution in [0, 0.1) is 23.7 Å². The summed E-state index contributed by atoms with van der Waals surface area (Å²) in [7, 11) is 7.59. The van der Waals surface area contributed by atoms with Gasteiger partial charge >= 0.3 is 0 Å². The molecule has 0 aromatic rings. The van der Waals surface area contributed by atoms with Crippen LogP contribution in [-0.4, -0.2) is 70.4 Å². The molecule has 8 atom stereocenters. The van der Waals surface area contributed by atoms with Gasteiger partial charge in [0.05, 0.1) is 12.2 Å². The first-order chi connectivity index (χ1) is 15.3. The van der Waals surface area contributed by atoms with E-state index in [9.17, 15) is 5.11 Å². The number of rotatable bonds is 16. The third-order valence-corrected chi connectivity index (χ3v) is 6.96. The molecule has 0 radical (unpaired) electrons. The number of hydrogen-bond acceptors (Lipinski definition) is 6. The number of methoxy groups -OCH3 is 4. The maximum Gasteiger partial charge on any atom is 0.180 e. The van der Waals surface area contributed by atoms with Crippen LogP contribution in [0.2, 0.25) is 0 Å². The lowest BCUT2D eigenvalue weighted by atomic mass is 9.94. The first-order valence-corrected chi connectivity index (χ1v) is 11.9. The van der Waals surface area contributed by atoms with E-state index in [4.69, 9.17) is 24.1 Å². The van der Waals surface area contributed by atoms with E-state index in [1.54, 1.807) is 14.2 Å². The molecule has 0 aromatic carbocycles. The average molecular weight is 459 g/mol. The van der Waals surface area contributed by atoms with Crippen LogP contribution in [0.4, 0.5) is 0 Å². The van der Waals surface area contributed by atoms with Gasteiger partial charge < -0.3 is 29.2 Å². The third-order valence-electron chi connectivity index (χ3n) is 6.96. The molecular weight excluding hydrogens is 408 g/mol. The van der Waals surface area contributed by atoms with E-state index in [-0.39, 0.29) is 6.10 Å². The van der Waals surface area contributed by atoms with Crippen molar-refractivity contribution in [3.8, 4) is 0 Å². The van der Waals surface area contributed by atoms with E-state index in [0.717, 1.165) is 44.1 Å². The van der Waals surface area contributed by atoms with E-state index < -0.39 is 12.4 Å². The minimum Gasteiger partial charge on any atom is -0.400 e. The summed E-state index contributed by atoms with van der Waals surface area (Å²) in [6.45, 7) is 9.07. The molecule has 7 unspecified atom stereocenters. The zero-order valence-electron chi connectivity index (χ0n) is 21.9. The molecule has 0 saturated heterocycles. The standard InChI is InChI=1S/C25H46O5.CH4O/c1-9-22(28-6)19(4)24-18(3)21(24)14-12-10-11-13-17(2)15-20(27-5)16-23(29-7)25(26)30-8;1-2/h10-11,13,18-26H,9,12,14-16H2,1-8H3;2H,1H3/b11-10+,17-13+;/t18-,19?,20?,21?,22?,23?,24?,25?;/m0./s1. The lowest BCUT2D eigenvalue weighted by molar-refractivity contribution is -0.164. The van der Waals surface area contributed by atoms with Gasteiger partial charge in [-0.15, -0.1) is 0 Å². The summed E-state index contributed by atoms with van der Waals surface area (Å²) in [6, 6.07) is 0. The molecule has 6 heteroatoms. The minimum absolute atomic E-state index is 0.0220. The topological polar surface area (TPSA) is 77.4 Å². The lowest BCUT2D eigenvalue weighted by Crippen LogP contribution is -2.33. The zero-order valence-corrected chi connectivity index (χ0v) is 21.9. The van der Waals surface area contributed by atoms with Gasteiger partial charge in [-0.25, -0.2) is 0 Å². The molecule has 0 heterocycles. The summed E-state index contributed by atoms with van der Waals surface area (Å²) < 4.78 is 21.5. The second-order valence-corrected chi connectivity index (χ2v) is 8.86. The molecule has 0 spiro atoms. The van der Waals surface area contributed by atoms with Crippen molar-refractivity contribution in [3.63, 3.8) is 0 Å². The van der Waals surface area contributed by atoms with Crippen molar-refractivity contribution in [1.82, 2.24) is 0 Å². The molecule has 0 aliphatic heterocycles. The first kappa shape index (κ1) is 31.2. The molecular formula is C26H50O6. The Morgan fingerprint density at radius 1 is 1.00 bits per heavy atom. The molecule has 1 rings (SSSR count). The largest absolute Gasteiger partial charge is 0.400 e. The Morgan fingerprint density at radius 3 is 2.12 bits per heavy atom. The van der Waals surface area contributed by atoms with Crippen LogP contribution in [0.5, 0.6) is 0 Å². The van der Waals surface area contributed by atoms with E-state index in [1.807, 2.05) is 7.11 Å². The average Bonchev–Trinajstić information content (AvgIpc) is 3.46. The molecule has 0 amide bonds. The minimum atomic E-state index is -0.940. The summed E-state index contributed by atoms with van der Waals surface area (Å²) in [5.41, 5.74) is 1.25. The first-order valence-electron chi connectivity index (χ1n) is 11.9. The highest BCUT2D eigenvalue weighted by Crippen LogP contribution is 2.54. The van der Waals surface area contributed by atoms with Gasteiger partial charge in [0.25, 0.3) is 0 Å². The Balaban J connectivity index is 0.00000466. The maximum absolute atomic E-state index is 9.84. The SMILES string of the molecule is CCC(OC)C(C)C1C(CC/C=C/C=C(\C)CC(CC(OC)C(O)OC)OC)[C@@H]1C.CO. The van der Waals surface area contributed by atoms with Gasteiger partial charge in [0.2, 0.25) is 0 Å². The van der Waals surface area contributed by atoms with Crippen molar-refractivity contribution in [2.24, 2.45) is 23.7 Å². The quantitative estimate of drug-likeness (QED) is 0.260. The predicted molar refractivity (Wildman–Crippen MR) is 131 cm³/mol. The van der Waals surface area contributed by atoms with Gasteiger partial charge in [0.1, 0.15) is 6.10 Å². The molecule has 0 bridgehead atoms. The molecule has 1 aliphatic carbocycles. The van der Waals surface area contributed by atoms with E-state index in [0.29, 0.717) is 18.4 Å². The monoisotopic (exact) mass is 458 g/mol. The summed E-state index contributed by atoms with van der Waals surface area (Å²) in [4.78, 5) is 0. The van der Waals surface area contributed by atoms with Crippen LogP contribution in [0.15, 0.2) is 23.8 Å². The van der Waals surface area contributed by atoms with E-state index in [1.165, 1.54) is 19.1 Å². The normalized spacial score (nSPS) is 25.6. The van der Waals surface area contributed by atoms with Crippen LogP contribution >= 0.6 is 0 Å². The lowest BCUT2D eigenvalue weighted by Gasteiger charge is -2.24. The molecule has 1 fully saturated rings. The van der Waals surface area contributed by atoms with Gasteiger partial charge in [-0.05, 0) is 56.3 Å². The number of ether oxygens (including phenoxy) is 4. The number of allylic oxidation sites excluding steroid dienone is 3. The fourth-order valence-corrected chi connectivity index (χ4v) is 4.95. The van der Waals surface area contributed by atoms with Crippen molar-refractivity contribution >= 4 is 0 Å². The van der Waals surface area contributed by atoms with Gasteiger partial charge in [-0.2, -0.15) is 0 Å². The van der Waals surface area contributed by atoms with Crippen molar-refractivity contribution in [1.29, 1.82) is 0 Å². The van der Waals surface area contributed by atoms with Crippen LogP contribution in [0.3, 0.4) is 0 Å². The van der Waals surface area contributed by atoms with Gasteiger partial charge in [0.15, 0.2) is 6.29 Å². The summed E-state index contributed by atoms with van der Waals surface area (Å²) >= 11 is 0. The summed E-state index contributed by atoms with van der Waals surface area (Å²) in [5.74, 6) is 3.09. The molecule has 6 nitrogen and oxygen atoms in total. The van der Waals surface area contributed by atoms with Gasteiger partial charge in [0, 0.05) is 42.0 Å². The smallest absolute Gasteiger partial charge is 0.180 e. The summed E-state index contributed by atoms with van der Waals surface area (Å²) in [5, 5.41) is 16.8. The van der Waals surface area contributed by atoms with E-state index >= 15 is 0 Å². The molecule has 1 aliphatic rings. The second-order valence-electron chi connectivity index (χ2n) is 8.86. The number of hydrogen-bond donors (Lipinski definition) is 2. The van der Waals surface area contributed by atoms with Crippen LogP contribution in [0.1, 0.15) is 59.8 Å². The Hall–Kier alpha value is -0.760. The van der Waals surface area contributed by atoms with Crippen molar-refractivity contribution in [2.45, 2.75) is 84.4 Å². The molecule has 190 valence electrons. The zero-order chi connectivity index (χ0) is 24.7. The van der Waals surface area contributed by atoms with Crippen LogP contribution in [0.25, 0.3) is 0 Å². The highest BCUT2D eigenvalue weighted by molar-refractivity contribution is 5.11. The van der Waals surface area contributed by atoms with Crippen molar-refractivity contribution < 1.29 is 29.2 Å². The Kier molecular flexibility index (Phi) is 17.3. The van der Waals surface area contributed by atoms with Crippen LogP contribution in [-0.2, 0) is 18.9 Å². The Labute approximate surface area is 197 Å². The predicted octanol–water partition coefficient (Wildman–Crippen LogP) is 4.60. The third kappa shape index (κ3) is 10.4. The fraction of sp³-hybridized carbons (Fsp3) is 0.846. The Bertz CT molecular complexity index is 516. The maximum atomic E-state index is 9.84. The molecule has 0 aromatic heterocycles. The second kappa shape index (κ2) is 17.7. The Morgan fingerprint density at radius 2 is 1.62 bits per heavy atom. The van der Waals surface area contributed by atoms with Crippen molar-refractivity contribution in [3.05, 3.63) is 23.8 Å². The van der Waals surface area contributed by atoms with Crippen molar-refractivity contribution in [2.75, 3.05) is 35.5 Å². The highest BCUT2D eigenvalue weighted by Gasteiger charge is 2.50.